The molecule has 0 saturated heterocycles. The van der Waals surface area contributed by atoms with Crippen LogP contribution in [0.1, 0.15) is 51.8 Å². The zero-order valence-corrected chi connectivity index (χ0v) is 27.6. The Hall–Kier alpha value is -4.19. The van der Waals surface area contributed by atoms with Gasteiger partial charge in [0.1, 0.15) is 0 Å². The second-order valence-electron chi connectivity index (χ2n) is 12.2. The minimum atomic E-state index is -2.82. The molecule has 0 bridgehead atoms. The molecule has 44 heavy (non-hydrogen) atoms. The summed E-state index contributed by atoms with van der Waals surface area (Å²) in [6.45, 7) is 4.51. The molecule has 0 aromatic heterocycles. The van der Waals surface area contributed by atoms with Gasteiger partial charge in [-0.15, -0.1) is 0 Å². The molecule has 0 aliphatic heterocycles. The third kappa shape index (κ3) is 4.75. The third-order valence-corrected chi connectivity index (χ3v) is 18.2. The predicted octanol–water partition coefficient (Wildman–Crippen LogP) is 10.7. The van der Waals surface area contributed by atoms with E-state index in [-0.39, 0.29) is 0 Å². The normalized spacial score (nSPS) is 14.6. The molecule has 0 nitrogen and oxygen atoms in total. The van der Waals surface area contributed by atoms with Gasteiger partial charge in [-0.05, 0) is 0 Å². The Morgan fingerprint density at radius 1 is 0.500 bits per heavy atom. The van der Waals surface area contributed by atoms with Gasteiger partial charge in [0.05, 0.1) is 0 Å². The van der Waals surface area contributed by atoms with Crippen LogP contribution in [0.15, 0.2) is 152 Å². The SMILES string of the molecule is Cc1ccc2c(c1)[CH]([Zr](=[C](c1ccccc1)c1ccccc1)[CH]1C=Cc3ccc(-c4ccccc4)cc31)c1cc(C)ccc1-2. The van der Waals surface area contributed by atoms with E-state index in [0.717, 1.165) is 0 Å². The first kappa shape index (κ1) is 27.4. The Labute approximate surface area is 268 Å². The number of rotatable bonds is 5. The second-order valence-corrected chi connectivity index (χ2v) is 18.6. The van der Waals surface area contributed by atoms with Gasteiger partial charge in [0.25, 0.3) is 0 Å². The second kappa shape index (κ2) is 11.4. The summed E-state index contributed by atoms with van der Waals surface area (Å²) in [7, 11) is 0. The van der Waals surface area contributed by atoms with Gasteiger partial charge < -0.3 is 0 Å². The molecule has 0 N–H and O–H groups in total. The van der Waals surface area contributed by atoms with Crippen LogP contribution >= 0.6 is 0 Å². The van der Waals surface area contributed by atoms with Gasteiger partial charge in [0, 0.05) is 0 Å². The van der Waals surface area contributed by atoms with Gasteiger partial charge in [0.15, 0.2) is 0 Å². The first-order valence-corrected chi connectivity index (χ1v) is 19.7. The summed E-state index contributed by atoms with van der Waals surface area (Å²) >= 11 is -2.82. The molecule has 1 atom stereocenters. The van der Waals surface area contributed by atoms with Crippen LogP contribution in [0, 0.1) is 13.8 Å². The monoisotopic (exact) mass is 640 g/mol. The predicted molar refractivity (Wildman–Crippen MR) is 183 cm³/mol. The molecule has 1 heteroatoms. The van der Waals surface area contributed by atoms with E-state index >= 15 is 0 Å². The van der Waals surface area contributed by atoms with E-state index in [1.165, 1.54) is 66.8 Å². The van der Waals surface area contributed by atoms with Crippen molar-refractivity contribution in [2.24, 2.45) is 0 Å². The van der Waals surface area contributed by atoms with Crippen LogP contribution in [-0.2, 0) is 21.3 Å². The van der Waals surface area contributed by atoms with E-state index in [4.69, 9.17) is 0 Å². The van der Waals surface area contributed by atoms with E-state index in [2.05, 4.69) is 172 Å². The Balaban J connectivity index is 1.47. The average Bonchev–Trinajstić information content (AvgIpc) is 3.62. The standard InChI is InChI=1S/C15H13.C15H11.C13H10.Zr/c1-10-3-5-14-12(7-10)9-13-8-11(2)4-6-15(13)14;1-2-5-12(6-3-1)15-10-9-13-7-4-8-14(13)11-15;1-3-7-12(8-4-1)11-13-9-5-2-6-10-13;/h3-9H,1-2H3;1-11H;1-10H;. The summed E-state index contributed by atoms with van der Waals surface area (Å²) in [5.41, 5.74) is 16.8. The zero-order chi connectivity index (χ0) is 29.6. The Morgan fingerprint density at radius 3 is 1.61 bits per heavy atom. The molecular formula is C43H34Zr. The van der Waals surface area contributed by atoms with Crippen molar-refractivity contribution in [2.75, 3.05) is 0 Å². The molecule has 0 spiro atoms. The van der Waals surface area contributed by atoms with Crippen molar-refractivity contribution in [3.63, 3.8) is 0 Å². The van der Waals surface area contributed by atoms with Crippen molar-refractivity contribution < 1.29 is 21.3 Å². The number of benzene rings is 6. The fourth-order valence-corrected chi connectivity index (χ4v) is 17.2. The van der Waals surface area contributed by atoms with Crippen molar-refractivity contribution in [1.29, 1.82) is 0 Å². The Kier molecular flexibility index (Phi) is 7.08. The summed E-state index contributed by atoms with van der Waals surface area (Å²) in [5, 5.41) is 0. The molecule has 0 fully saturated rings. The van der Waals surface area contributed by atoms with Crippen LogP contribution in [0.5, 0.6) is 0 Å². The van der Waals surface area contributed by atoms with Gasteiger partial charge in [-0.1, -0.05) is 0 Å². The van der Waals surface area contributed by atoms with Gasteiger partial charge in [-0.2, -0.15) is 0 Å². The van der Waals surface area contributed by atoms with Gasteiger partial charge in [0.2, 0.25) is 0 Å². The van der Waals surface area contributed by atoms with Crippen molar-refractivity contribution >= 4 is 9.28 Å². The van der Waals surface area contributed by atoms with E-state index in [9.17, 15) is 0 Å². The summed E-state index contributed by atoms with van der Waals surface area (Å²) in [5.74, 6) is 0. The molecule has 0 saturated carbocycles. The van der Waals surface area contributed by atoms with Crippen LogP contribution in [-0.4, -0.2) is 3.21 Å². The van der Waals surface area contributed by atoms with Crippen LogP contribution in [0.3, 0.4) is 0 Å². The Morgan fingerprint density at radius 2 is 1.05 bits per heavy atom. The van der Waals surface area contributed by atoms with E-state index in [0.29, 0.717) is 7.25 Å². The number of allylic oxidation sites excluding steroid dienone is 1. The van der Waals surface area contributed by atoms with Crippen LogP contribution in [0.2, 0.25) is 0 Å². The molecule has 0 heterocycles. The quantitative estimate of drug-likeness (QED) is 0.176. The van der Waals surface area contributed by atoms with E-state index in [1.54, 1.807) is 3.21 Å². The van der Waals surface area contributed by atoms with Crippen molar-refractivity contribution in [3.8, 4) is 22.3 Å². The molecule has 6 aromatic carbocycles. The first-order chi connectivity index (χ1) is 21.7. The van der Waals surface area contributed by atoms with E-state index in [1.807, 2.05) is 0 Å². The molecule has 0 radical (unpaired) electrons. The number of fused-ring (bicyclic) bond motifs is 4. The molecule has 0 amide bonds. The Bertz CT molecular complexity index is 1970. The van der Waals surface area contributed by atoms with Gasteiger partial charge in [-0.25, -0.2) is 0 Å². The number of hydrogen-bond donors (Lipinski definition) is 0. The van der Waals surface area contributed by atoms with Crippen LogP contribution in [0.25, 0.3) is 28.3 Å². The summed E-state index contributed by atoms with van der Waals surface area (Å²) < 4.78 is 2.41. The number of aryl methyl sites for hydroxylation is 2. The van der Waals surface area contributed by atoms with Crippen LogP contribution < -0.4 is 0 Å². The maximum atomic E-state index is 2.57. The van der Waals surface area contributed by atoms with E-state index < -0.39 is 21.3 Å². The first-order valence-electron chi connectivity index (χ1n) is 15.6. The average molecular weight is 642 g/mol. The summed E-state index contributed by atoms with van der Waals surface area (Å²) in [4.78, 5) is 0. The minimum absolute atomic E-state index is 0.399. The summed E-state index contributed by atoms with van der Waals surface area (Å²) in [6, 6.07) is 55.0. The molecular weight excluding hydrogens is 608 g/mol. The molecule has 2 aliphatic carbocycles. The molecule has 6 aromatic rings. The van der Waals surface area contributed by atoms with Crippen molar-refractivity contribution in [2.45, 2.75) is 21.1 Å². The third-order valence-electron chi connectivity index (χ3n) is 9.38. The molecule has 2 aliphatic rings. The van der Waals surface area contributed by atoms with Crippen molar-refractivity contribution in [1.82, 2.24) is 0 Å². The fraction of sp³-hybridized carbons (Fsp3) is 0.0930. The van der Waals surface area contributed by atoms with Crippen molar-refractivity contribution in [3.05, 3.63) is 196 Å². The van der Waals surface area contributed by atoms with Gasteiger partial charge >= 0.3 is 270 Å². The van der Waals surface area contributed by atoms with Crippen LogP contribution in [0.4, 0.5) is 0 Å². The van der Waals surface area contributed by atoms with Gasteiger partial charge in [-0.3, -0.25) is 0 Å². The molecule has 1 unspecified atom stereocenters. The summed E-state index contributed by atoms with van der Waals surface area (Å²) in [6.07, 6.45) is 4.98. The zero-order valence-electron chi connectivity index (χ0n) is 25.2. The molecule has 8 rings (SSSR count). The maximum absolute atomic E-state index is 2.82. The molecule has 210 valence electrons. The fourth-order valence-electron chi connectivity index (χ4n) is 7.40. The number of hydrogen-bond acceptors (Lipinski definition) is 0. The topological polar surface area (TPSA) is 0 Å².